The number of hydrogen-bond donors (Lipinski definition) is 9. The zero-order valence-corrected chi connectivity index (χ0v) is 21.2. The number of fused-ring (bicyclic) bond motifs is 1. The molecule has 4 unspecified atom stereocenters. The minimum Gasteiger partial charge on any atom is -0.481 e. The minimum atomic E-state index is -1.81. The lowest BCUT2D eigenvalue weighted by atomic mass is 10.0. The van der Waals surface area contributed by atoms with Crippen LogP contribution in [0.25, 0.3) is 10.9 Å². The van der Waals surface area contributed by atoms with Crippen LogP contribution in [0.5, 0.6) is 0 Å². The molecular weight excluding hydrogens is 530 g/mol. The second kappa shape index (κ2) is 14.2. The quantitative estimate of drug-likeness (QED) is 0.101. The first-order valence-corrected chi connectivity index (χ1v) is 12.0. The fraction of sp³-hybridized carbons (Fsp3) is 0.375. The number of para-hydroxylation sites is 1. The zero-order chi connectivity index (χ0) is 30.0. The van der Waals surface area contributed by atoms with Crippen LogP contribution >= 0.6 is 0 Å². The number of aromatic amines is 1. The van der Waals surface area contributed by atoms with Crippen molar-refractivity contribution in [2.45, 2.75) is 56.3 Å². The van der Waals surface area contributed by atoms with Crippen molar-refractivity contribution in [2.75, 3.05) is 0 Å². The number of primary amides is 2. The fourth-order valence-corrected chi connectivity index (χ4v) is 3.79. The SMILES string of the molecule is NC(=O)CCC(NC(=O)C(N)Cc1c[nH]c2ccccc12)C(=O)NC(CC(=O)O)C(=O)NC(CC(N)=O)C(=O)O. The first-order valence-electron chi connectivity index (χ1n) is 12.0. The van der Waals surface area contributed by atoms with E-state index in [1.54, 1.807) is 6.20 Å². The summed E-state index contributed by atoms with van der Waals surface area (Å²) in [6.07, 6.45) is -0.663. The van der Waals surface area contributed by atoms with Crippen LogP contribution in [0.15, 0.2) is 30.5 Å². The topological polar surface area (TPSA) is 290 Å². The molecule has 0 fully saturated rings. The Morgan fingerprint density at radius 2 is 1.40 bits per heavy atom. The molecule has 0 saturated heterocycles. The highest BCUT2D eigenvalue weighted by Gasteiger charge is 2.32. The number of nitrogens with two attached hydrogens (primary N) is 3. The molecule has 216 valence electrons. The summed E-state index contributed by atoms with van der Waals surface area (Å²) in [6, 6.07) is 1.12. The number of carbonyl (C=O) groups excluding carboxylic acids is 5. The van der Waals surface area contributed by atoms with E-state index in [0.29, 0.717) is 0 Å². The molecule has 40 heavy (non-hydrogen) atoms. The third-order valence-corrected chi connectivity index (χ3v) is 5.80. The lowest BCUT2D eigenvalue weighted by molar-refractivity contribution is -0.144. The van der Waals surface area contributed by atoms with Gasteiger partial charge in [0.1, 0.15) is 18.1 Å². The highest BCUT2D eigenvalue weighted by molar-refractivity contribution is 5.96. The molecule has 2 aromatic rings. The van der Waals surface area contributed by atoms with Gasteiger partial charge in [0.25, 0.3) is 0 Å². The predicted octanol–water partition coefficient (Wildman–Crippen LogP) is -2.81. The number of aromatic nitrogens is 1. The number of carboxylic acid groups (broad SMARTS) is 2. The molecule has 5 amide bonds. The Balaban J connectivity index is 2.17. The summed E-state index contributed by atoms with van der Waals surface area (Å²) in [7, 11) is 0. The maximum atomic E-state index is 13.0. The number of rotatable bonds is 16. The molecule has 16 heteroatoms. The molecule has 4 atom stereocenters. The van der Waals surface area contributed by atoms with E-state index in [2.05, 4.69) is 15.6 Å². The van der Waals surface area contributed by atoms with Crippen LogP contribution < -0.4 is 33.2 Å². The van der Waals surface area contributed by atoms with Crippen LogP contribution in [0.3, 0.4) is 0 Å². The smallest absolute Gasteiger partial charge is 0.326 e. The van der Waals surface area contributed by atoms with Crippen molar-refractivity contribution in [3.05, 3.63) is 36.0 Å². The molecule has 16 nitrogen and oxygen atoms in total. The van der Waals surface area contributed by atoms with Gasteiger partial charge in [-0.3, -0.25) is 28.8 Å². The molecule has 0 bridgehead atoms. The summed E-state index contributed by atoms with van der Waals surface area (Å²) in [5.41, 5.74) is 17.8. The van der Waals surface area contributed by atoms with E-state index in [9.17, 15) is 43.8 Å². The van der Waals surface area contributed by atoms with Crippen molar-refractivity contribution < 1.29 is 43.8 Å². The average molecular weight is 562 g/mol. The van der Waals surface area contributed by atoms with E-state index in [1.807, 2.05) is 29.6 Å². The average Bonchev–Trinajstić information content (AvgIpc) is 3.27. The molecule has 2 rings (SSSR count). The van der Waals surface area contributed by atoms with Crippen LogP contribution in [0, 0.1) is 0 Å². The van der Waals surface area contributed by atoms with Crippen LogP contribution in [-0.2, 0) is 40.0 Å². The Morgan fingerprint density at radius 3 is 2.00 bits per heavy atom. The third-order valence-electron chi connectivity index (χ3n) is 5.80. The Kier molecular flexibility index (Phi) is 11.1. The number of amides is 5. The summed E-state index contributed by atoms with van der Waals surface area (Å²) < 4.78 is 0. The maximum absolute atomic E-state index is 13.0. The van der Waals surface area contributed by atoms with Gasteiger partial charge in [-0.25, -0.2) is 4.79 Å². The second-order valence-corrected chi connectivity index (χ2v) is 8.97. The number of nitrogens with one attached hydrogen (secondary N) is 4. The Morgan fingerprint density at radius 1 is 0.800 bits per heavy atom. The first-order chi connectivity index (χ1) is 18.8. The third kappa shape index (κ3) is 9.39. The molecule has 1 heterocycles. The minimum absolute atomic E-state index is 0.0838. The lowest BCUT2D eigenvalue weighted by Crippen LogP contribution is -2.58. The van der Waals surface area contributed by atoms with Gasteiger partial charge in [-0.15, -0.1) is 0 Å². The van der Waals surface area contributed by atoms with Crippen molar-refractivity contribution in [2.24, 2.45) is 17.2 Å². The van der Waals surface area contributed by atoms with E-state index in [-0.39, 0.29) is 19.3 Å². The molecular formula is C24H31N7O9. The predicted molar refractivity (Wildman–Crippen MR) is 138 cm³/mol. The van der Waals surface area contributed by atoms with Crippen molar-refractivity contribution in [3.8, 4) is 0 Å². The summed E-state index contributed by atoms with van der Waals surface area (Å²) >= 11 is 0. The number of hydrogen-bond acceptors (Lipinski definition) is 8. The summed E-state index contributed by atoms with van der Waals surface area (Å²) in [6.45, 7) is 0. The molecule has 1 aromatic heterocycles. The van der Waals surface area contributed by atoms with Crippen molar-refractivity contribution in [1.82, 2.24) is 20.9 Å². The Hall–Kier alpha value is -4.99. The maximum Gasteiger partial charge on any atom is 0.326 e. The van der Waals surface area contributed by atoms with Crippen LogP contribution in [0.2, 0.25) is 0 Å². The van der Waals surface area contributed by atoms with Gasteiger partial charge in [0.2, 0.25) is 29.5 Å². The summed E-state index contributed by atoms with van der Waals surface area (Å²) in [5.74, 6) is -8.07. The van der Waals surface area contributed by atoms with Gasteiger partial charge < -0.3 is 48.3 Å². The highest BCUT2D eigenvalue weighted by Crippen LogP contribution is 2.18. The van der Waals surface area contributed by atoms with Crippen LogP contribution in [-0.4, -0.2) is 80.8 Å². The molecule has 0 saturated carbocycles. The highest BCUT2D eigenvalue weighted by atomic mass is 16.4. The van der Waals surface area contributed by atoms with Gasteiger partial charge in [0, 0.05) is 23.5 Å². The van der Waals surface area contributed by atoms with Gasteiger partial charge in [-0.2, -0.15) is 0 Å². The molecule has 12 N–H and O–H groups in total. The van der Waals surface area contributed by atoms with E-state index in [4.69, 9.17) is 17.2 Å². The van der Waals surface area contributed by atoms with E-state index in [0.717, 1.165) is 16.5 Å². The molecule has 0 spiro atoms. The molecule has 0 aliphatic carbocycles. The standard InChI is InChI=1S/C24H31N7O9/c25-13(7-11-10-28-14-4-2-1-3-12(11)14)21(36)29-15(5-6-18(26)32)22(37)30-16(9-20(34)35)23(38)31-17(24(39)40)8-19(27)33/h1-4,10,13,15-17,28H,5-9,25H2,(H2,26,32)(H2,27,33)(H,29,36)(H,30,37)(H,31,38)(H,34,35)(H,39,40). The number of aliphatic carboxylic acids is 2. The zero-order valence-electron chi connectivity index (χ0n) is 21.2. The van der Waals surface area contributed by atoms with Gasteiger partial charge in [0.05, 0.1) is 18.9 Å². The number of benzene rings is 1. The molecule has 0 radical (unpaired) electrons. The van der Waals surface area contributed by atoms with Gasteiger partial charge in [-0.05, 0) is 24.5 Å². The Bertz CT molecular complexity index is 1290. The molecule has 1 aromatic carbocycles. The Labute approximate surface area is 227 Å². The van der Waals surface area contributed by atoms with E-state index in [1.165, 1.54) is 0 Å². The number of carbonyl (C=O) groups is 7. The normalized spacial score (nSPS) is 13.8. The van der Waals surface area contributed by atoms with Crippen molar-refractivity contribution >= 4 is 52.4 Å². The number of carboxylic acids is 2. The summed E-state index contributed by atoms with van der Waals surface area (Å²) in [5, 5.41) is 25.7. The number of H-pyrrole nitrogens is 1. The van der Waals surface area contributed by atoms with E-state index >= 15 is 0 Å². The lowest BCUT2D eigenvalue weighted by Gasteiger charge is -2.24. The molecule has 0 aliphatic rings. The monoisotopic (exact) mass is 561 g/mol. The van der Waals surface area contributed by atoms with Gasteiger partial charge >= 0.3 is 11.9 Å². The van der Waals surface area contributed by atoms with Gasteiger partial charge in [-0.1, -0.05) is 18.2 Å². The largest absolute Gasteiger partial charge is 0.481 e. The first kappa shape index (κ1) is 31.2. The molecule has 0 aliphatic heterocycles. The van der Waals surface area contributed by atoms with Crippen molar-refractivity contribution in [1.29, 1.82) is 0 Å². The van der Waals surface area contributed by atoms with E-state index < -0.39 is 78.5 Å². The van der Waals surface area contributed by atoms with Crippen LogP contribution in [0.4, 0.5) is 0 Å². The second-order valence-electron chi connectivity index (χ2n) is 8.97. The van der Waals surface area contributed by atoms with Gasteiger partial charge in [0.15, 0.2) is 0 Å². The van der Waals surface area contributed by atoms with Crippen molar-refractivity contribution in [3.63, 3.8) is 0 Å². The van der Waals surface area contributed by atoms with Crippen LogP contribution in [0.1, 0.15) is 31.2 Å². The fourth-order valence-electron chi connectivity index (χ4n) is 3.79. The summed E-state index contributed by atoms with van der Waals surface area (Å²) in [4.78, 5) is 86.7.